The molecule has 0 aliphatic heterocycles. The van der Waals surface area contributed by atoms with Crippen molar-refractivity contribution in [3.8, 4) is 0 Å². The van der Waals surface area contributed by atoms with E-state index in [9.17, 15) is 0 Å². The van der Waals surface area contributed by atoms with E-state index in [4.69, 9.17) is 4.84 Å². The van der Waals surface area contributed by atoms with Crippen molar-refractivity contribution in [1.29, 1.82) is 0 Å². The second kappa shape index (κ2) is 6.12. The first-order valence-corrected chi connectivity index (χ1v) is 6.24. The van der Waals surface area contributed by atoms with Crippen LogP contribution in [-0.4, -0.2) is 11.6 Å². The molecular weight excluding hydrogens is 212 g/mol. The minimum Gasteiger partial charge on any atom is -0.301 e. The molecule has 0 saturated carbocycles. The lowest BCUT2D eigenvalue weighted by atomic mass is 10.0. The van der Waals surface area contributed by atoms with E-state index in [1.165, 1.54) is 11.1 Å². The predicted octanol–water partition coefficient (Wildman–Crippen LogP) is 3.25. The summed E-state index contributed by atoms with van der Waals surface area (Å²) in [7, 11) is 0. The van der Waals surface area contributed by atoms with Crippen molar-refractivity contribution in [2.75, 3.05) is 6.61 Å². The van der Waals surface area contributed by atoms with Gasteiger partial charge in [0.1, 0.15) is 0 Å². The van der Waals surface area contributed by atoms with Crippen molar-refractivity contribution in [2.24, 2.45) is 5.92 Å². The third-order valence-corrected chi connectivity index (χ3v) is 2.69. The van der Waals surface area contributed by atoms with Crippen LogP contribution in [0.2, 0.25) is 0 Å². The fraction of sp³-hybridized carbons (Fsp3) is 0.643. The number of nitrogens with zero attached hydrogens (tertiary/aromatic N) is 1. The van der Waals surface area contributed by atoms with Crippen molar-refractivity contribution in [2.45, 2.75) is 47.6 Å². The van der Waals surface area contributed by atoms with Gasteiger partial charge in [0.25, 0.3) is 0 Å². The van der Waals surface area contributed by atoms with Gasteiger partial charge in [0, 0.05) is 11.4 Å². The number of rotatable bonds is 5. The molecule has 1 heterocycles. The molecule has 1 unspecified atom stereocenters. The van der Waals surface area contributed by atoms with E-state index in [0.29, 0.717) is 5.92 Å². The van der Waals surface area contributed by atoms with E-state index in [1.807, 2.05) is 6.92 Å². The number of hydrogen-bond donors (Lipinski definition) is 1. The molecule has 3 nitrogen and oxygen atoms in total. The zero-order chi connectivity index (χ0) is 13.0. The first-order chi connectivity index (χ1) is 7.91. The summed E-state index contributed by atoms with van der Waals surface area (Å²) in [5.74, 6) is 0.535. The Balaban J connectivity index is 2.72. The molecule has 0 amide bonds. The normalized spacial score (nSPS) is 13.1. The molecule has 1 rings (SSSR count). The van der Waals surface area contributed by atoms with Crippen LogP contribution in [0.5, 0.6) is 0 Å². The highest BCUT2D eigenvalue weighted by Gasteiger charge is 2.13. The molecule has 0 radical (unpaired) electrons. The van der Waals surface area contributed by atoms with Gasteiger partial charge in [0.15, 0.2) is 0 Å². The summed E-state index contributed by atoms with van der Waals surface area (Å²) in [5, 5.41) is 0. The molecule has 1 N–H and O–H groups in total. The van der Waals surface area contributed by atoms with Crippen LogP contribution in [0.15, 0.2) is 6.07 Å². The summed E-state index contributed by atoms with van der Waals surface area (Å²) in [4.78, 5) is 9.98. The lowest BCUT2D eigenvalue weighted by Gasteiger charge is -2.19. The largest absolute Gasteiger partial charge is 0.301 e. The zero-order valence-corrected chi connectivity index (χ0v) is 11.8. The number of pyridine rings is 1. The van der Waals surface area contributed by atoms with Crippen LogP contribution in [0.1, 0.15) is 49.3 Å². The first-order valence-electron chi connectivity index (χ1n) is 6.24. The van der Waals surface area contributed by atoms with E-state index in [1.54, 1.807) is 0 Å². The van der Waals surface area contributed by atoms with Gasteiger partial charge in [0.2, 0.25) is 0 Å². The molecular formula is C14H24N2O. The van der Waals surface area contributed by atoms with Gasteiger partial charge >= 0.3 is 0 Å². The number of hydroxylamine groups is 1. The number of aryl methyl sites for hydroxylation is 3. The Morgan fingerprint density at radius 2 is 1.88 bits per heavy atom. The minimum atomic E-state index is 0.168. The quantitative estimate of drug-likeness (QED) is 0.797. The second-order valence-electron chi connectivity index (χ2n) is 5.12. The first kappa shape index (κ1) is 14.1. The van der Waals surface area contributed by atoms with Crippen LogP contribution in [-0.2, 0) is 4.84 Å². The SMILES string of the molecule is Cc1cc(C)c(C(C)NOCC(C)C)c(C)n1. The van der Waals surface area contributed by atoms with Crippen LogP contribution in [0.4, 0.5) is 0 Å². The maximum absolute atomic E-state index is 5.47. The lowest BCUT2D eigenvalue weighted by Crippen LogP contribution is -2.23. The molecule has 3 heteroatoms. The van der Waals surface area contributed by atoms with E-state index < -0.39 is 0 Å². The molecule has 96 valence electrons. The molecule has 0 aromatic carbocycles. The van der Waals surface area contributed by atoms with Crippen LogP contribution in [0, 0.1) is 26.7 Å². The summed E-state index contributed by atoms with van der Waals surface area (Å²) in [5.41, 5.74) is 7.74. The molecule has 1 atom stereocenters. The third-order valence-electron chi connectivity index (χ3n) is 2.69. The van der Waals surface area contributed by atoms with Gasteiger partial charge < -0.3 is 4.84 Å². The highest BCUT2D eigenvalue weighted by atomic mass is 16.6. The van der Waals surface area contributed by atoms with Crippen molar-refractivity contribution in [1.82, 2.24) is 10.5 Å². The molecule has 0 fully saturated rings. The number of nitrogens with one attached hydrogen (secondary N) is 1. The van der Waals surface area contributed by atoms with Crippen LogP contribution in [0.25, 0.3) is 0 Å². The highest BCUT2D eigenvalue weighted by Crippen LogP contribution is 2.21. The van der Waals surface area contributed by atoms with E-state index in [2.05, 4.69) is 51.1 Å². The van der Waals surface area contributed by atoms with Crippen LogP contribution in [0.3, 0.4) is 0 Å². The summed E-state index contributed by atoms with van der Waals surface area (Å²) in [6.07, 6.45) is 0. The summed E-state index contributed by atoms with van der Waals surface area (Å²) in [6, 6.07) is 2.28. The molecule has 0 bridgehead atoms. The van der Waals surface area contributed by atoms with Gasteiger partial charge in [0.05, 0.1) is 12.6 Å². The van der Waals surface area contributed by atoms with Gasteiger partial charge in [-0.15, -0.1) is 0 Å². The van der Waals surface area contributed by atoms with Crippen molar-refractivity contribution < 1.29 is 4.84 Å². The van der Waals surface area contributed by atoms with Crippen molar-refractivity contribution >= 4 is 0 Å². The Morgan fingerprint density at radius 1 is 1.24 bits per heavy atom. The van der Waals surface area contributed by atoms with Crippen molar-refractivity contribution in [3.63, 3.8) is 0 Å². The van der Waals surface area contributed by atoms with E-state index in [0.717, 1.165) is 18.0 Å². The zero-order valence-electron chi connectivity index (χ0n) is 11.8. The highest BCUT2D eigenvalue weighted by molar-refractivity contribution is 5.33. The van der Waals surface area contributed by atoms with E-state index >= 15 is 0 Å². The Kier molecular flexibility index (Phi) is 5.09. The second-order valence-corrected chi connectivity index (χ2v) is 5.12. The Hall–Kier alpha value is -0.930. The average Bonchev–Trinajstić information content (AvgIpc) is 2.14. The maximum Gasteiger partial charge on any atom is 0.0705 e. The summed E-state index contributed by atoms with van der Waals surface area (Å²) in [6.45, 7) is 13.3. The summed E-state index contributed by atoms with van der Waals surface area (Å²) >= 11 is 0. The average molecular weight is 236 g/mol. The molecule has 0 spiro atoms. The molecule has 0 saturated heterocycles. The minimum absolute atomic E-state index is 0.168. The van der Waals surface area contributed by atoms with E-state index in [-0.39, 0.29) is 6.04 Å². The molecule has 1 aromatic rings. The monoisotopic (exact) mass is 236 g/mol. The Labute approximate surface area is 105 Å². The predicted molar refractivity (Wildman–Crippen MR) is 70.8 cm³/mol. The van der Waals surface area contributed by atoms with Gasteiger partial charge in [-0.05, 0) is 50.8 Å². The third kappa shape index (κ3) is 4.10. The lowest BCUT2D eigenvalue weighted by molar-refractivity contribution is 0.00378. The van der Waals surface area contributed by atoms with Crippen LogP contribution >= 0.6 is 0 Å². The topological polar surface area (TPSA) is 34.1 Å². The summed E-state index contributed by atoms with van der Waals surface area (Å²) < 4.78 is 0. The van der Waals surface area contributed by atoms with Gasteiger partial charge in [-0.3, -0.25) is 4.98 Å². The Morgan fingerprint density at radius 3 is 2.41 bits per heavy atom. The maximum atomic E-state index is 5.47. The smallest absolute Gasteiger partial charge is 0.0705 e. The fourth-order valence-electron chi connectivity index (χ4n) is 2.09. The van der Waals surface area contributed by atoms with Crippen molar-refractivity contribution in [3.05, 3.63) is 28.6 Å². The fourth-order valence-corrected chi connectivity index (χ4v) is 2.09. The Bertz CT molecular complexity index is 351. The number of hydrogen-bond acceptors (Lipinski definition) is 3. The van der Waals surface area contributed by atoms with Gasteiger partial charge in [-0.1, -0.05) is 13.8 Å². The standard InChI is InChI=1S/C14H24N2O/c1-9(2)8-17-16-13(6)14-10(3)7-11(4)15-12(14)5/h7,9,13,16H,8H2,1-6H3. The number of aromatic nitrogens is 1. The van der Waals surface area contributed by atoms with Gasteiger partial charge in [-0.25, -0.2) is 0 Å². The molecule has 0 aliphatic rings. The van der Waals surface area contributed by atoms with Gasteiger partial charge in [-0.2, -0.15) is 5.48 Å². The molecule has 17 heavy (non-hydrogen) atoms. The molecule has 0 aliphatic carbocycles. The molecule has 1 aromatic heterocycles. The van der Waals surface area contributed by atoms with Crippen LogP contribution < -0.4 is 5.48 Å².